The normalized spacial score (nSPS) is 19.8. The molecule has 1 atom stereocenters. The van der Waals surface area contributed by atoms with Crippen molar-refractivity contribution in [3.05, 3.63) is 40.2 Å². The van der Waals surface area contributed by atoms with E-state index in [9.17, 15) is 9.90 Å². The number of hydrogen-bond donors (Lipinski definition) is 1. The lowest BCUT2D eigenvalue weighted by molar-refractivity contribution is 0.0827. The lowest BCUT2D eigenvalue weighted by Gasteiger charge is -2.43. The Morgan fingerprint density at radius 1 is 1.27 bits per heavy atom. The van der Waals surface area contributed by atoms with Gasteiger partial charge in [0.1, 0.15) is 10.7 Å². The number of rotatable bonds is 5. The molecule has 1 aliphatic carbocycles. The second-order valence-corrected chi connectivity index (χ2v) is 11.0. The molecule has 8 heteroatoms. The minimum absolute atomic E-state index is 0.142. The maximum absolute atomic E-state index is 12.4. The Kier molecular flexibility index (Phi) is 7.22. The Hall–Kier alpha value is -1.83. The quantitative estimate of drug-likeness (QED) is 0.624. The van der Waals surface area contributed by atoms with E-state index in [4.69, 9.17) is 21.6 Å². The fourth-order valence-electron chi connectivity index (χ4n) is 5.30. The second-order valence-electron chi connectivity index (χ2n) is 9.60. The van der Waals surface area contributed by atoms with Crippen LogP contribution in [0.15, 0.2) is 28.1 Å². The molecule has 2 aliphatic rings. The van der Waals surface area contributed by atoms with Crippen molar-refractivity contribution < 1.29 is 9.90 Å². The molecule has 0 bridgehead atoms. The molecule has 1 spiro atoms. The predicted molar refractivity (Wildman–Crippen MR) is 133 cm³/mol. The van der Waals surface area contributed by atoms with E-state index < -0.39 is 0 Å². The van der Waals surface area contributed by atoms with E-state index in [0.717, 1.165) is 35.4 Å². The van der Waals surface area contributed by atoms with Gasteiger partial charge >= 0.3 is 0 Å². The highest BCUT2D eigenvalue weighted by atomic mass is 35.5. The number of piperidine rings is 1. The minimum atomic E-state index is -0.166. The van der Waals surface area contributed by atoms with Gasteiger partial charge in [-0.1, -0.05) is 49.2 Å². The zero-order valence-electron chi connectivity index (χ0n) is 19.9. The molecule has 1 aromatic carbocycles. The third kappa shape index (κ3) is 4.73. The van der Waals surface area contributed by atoms with Crippen LogP contribution in [0.1, 0.15) is 60.8 Å². The third-order valence-corrected chi connectivity index (χ3v) is 9.11. The van der Waals surface area contributed by atoms with Crippen LogP contribution in [-0.4, -0.2) is 53.1 Å². The van der Waals surface area contributed by atoms with Gasteiger partial charge in [-0.2, -0.15) is 0 Å². The predicted octanol–water partition coefficient (Wildman–Crippen LogP) is 5.19. The molecule has 1 aromatic heterocycles. The molecule has 1 aliphatic heterocycles. The van der Waals surface area contributed by atoms with Crippen molar-refractivity contribution >= 4 is 35.1 Å². The molecule has 1 amide bonds. The van der Waals surface area contributed by atoms with E-state index >= 15 is 0 Å². The number of aromatic nitrogens is 2. The summed E-state index contributed by atoms with van der Waals surface area (Å²) in [5.41, 5.74) is 2.33. The fourth-order valence-corrected chi connectivity index (χ4v) is 6.53. The highest BCUT2D eigenvalue weighted by Crippen LogP contribution is 2.50. The van der Waals surface area contributed by atoms with Crippen LogP contribution >= 0.6 is 23.4 Å². The number of benzene rings is 1. The largest absolute Gasteiger partial charge is 0.390 e. The number of carbonyl (C=O) groups excluding carboxylic acids is 1. The van der Waals surface area contributed by atoms with Crippen LogP contribution < -0.4 is 4.90 Å². The number of carbonyl (C=O) groups is 1. The number of amides is 1. The third-order valence-electron chi connectivity index (χ3n) is 7.45. The monoisotopic (exact) mass is 488 g/mol. The average molecular weight is 489 g/mol. The van der Waals surface area contributed by atoms with Crippen LogP contribution in [0.2, 0.25) is 5.02 Å². The smallest absolute Gasteiger partial charge is 0.254 e. The summed E-state index contributed by atoms with van der Waals surface area (Å²) in [5.74, 6) is 1.45. The molecular formula is C25H33ClN4O2S. The van der Waals surface area contributed by atoms with E-state index in [1.165, 1.54) is 48.8 Å². The molecule has 2 heterocycles. The van der Waals surface area contributed by atoms with E-state index in [1.807, 2.05) is 19.1 Å². The van der Waals surface area contributed by atoms with E-state index in [-0.39, 0.29) is 12.5 Å². The number of aliphatic hydroxyl groups excluding tert-OH is 1. The van der Waals surface area contributed by atoms with Crippen molar-refractivity contribution in [2.45, 2.75) is 62.5 Å². The summed E-state index contributed by atoms with van der Waals surface area (Å²) in [6.45, 7) is 6.09. The van der Waals surface area contributed by atoms with E-state index in [1.54, 1.807) is 20.2 Å². The van der Waals surface area contributed by atoms with Gasteiger partial charge in [0.15, 0.2) is 5.82 Å². The highest BCUT2D eigenvalue weighted by Gasteiger charge is 2.42. The highest BCUT2D eigenvalue weighted by molar-refractivity contribution is 7.99. The van der Waals surface area contributed by atoms with Crippen molar-refractivity contribution in [3.8, 4) is 0 Å². The zero-order chi connectivity index (χ0) is 23.8. The molecule has 2 aromatic rings. The Balaban J connectivity index is 1.57. The first-order valence-electron chi connectivity index (χ1n) is 11.7. The zero-order valence-corrected chi connectivity index (χ0v) is 21.5. The number of halogens is 1. The summed E-state index contributed by atoms with van der Waals surface area (Å²) >= 11 is 7.95. The summed E-state index contributed by atoms with van der Waals surface area (Å²) in [7, 11) is 3.41. The van der Waals surface area contributed by atoms with Gasteiger partial charge in [0.25, 0.3) is 5.91 Å². The average Bonchev–Trinajstić information content (AvgIpc) is 3.15. The van der Waals surface area contributed by atoms with Gasteiger partial charge in [-0.05, 0) is 49.7 Å². The van der Waals surface area contributed by atoms with Crippen LogP contribution in [0, 0.1) is 18.3 Å². The maximum atomic E-state index is 12.4. The Morgan fingerprint density at radius 3 is 2.61 bits per heavy atom. The number of aryl methyl sites for hydroxylation is 1. The van der Waals surface area contributed by atoms with Crippen LogP contribution in [0.5, 0.6) is 0 Å². The van der Waals surface area contributed by atoms with E-state index in [2.05, 4.69) is 11.8 Å². The van der Waals surface area contributed by atoms with Gasteiger partial charge in [0, 0.05) is 32.1 Å². The Labute approximate surface area is 205 Å². The molecular weight excluding hydrogens is 456 g/mol. The molecule has 1 saturated heterocycles. The Morgan fingerprint density at radius 2 is 2.00 bits per heavy atom. The van der Waals surface area contributed by atoms with Crippen LogP contribution in [-0.2, 0) is 6.61 Å². The molecule has 1 saturated carbocycles. The van der Waals surface area contributed by atoms with Crippen molar-refractivity contribution in [1.29, 1.82) is 0 Å². The first-order chi connectivity index (χ1) is 15.8. The molecule has 0 unspecified atom stereocenters. The van der Waals surface area contributed by atoms with Crippen LogP contribution in [0.4, 0.5) is 5.82 Å². The Bertz CT molecular complexity index is 1040. The number of hydrogen-bond acceptors (Lipinski definition) is 6. The molecule has 4 rings (SSSR count). The molecule has 1 N–H and O–H groups in total. The van der Waals surface area contributed by atoms with Crippen LogP contribution in [0.3, 0.4) is 0 Å². The maximum Gasteiger partial charge on any atom is 0.254 e. The first kappa shape index (κ1) is 24.3. The lowest BCUT2D eigenvalue weighted by Crippen LogP contribution is -2.42. The van der Waals surface area contributed by atoms with Gasteiger partial charge < -0.3 is 14.9 Å². The van der Waals surface area contributed by atoms with Gasteiger partial charge in [-0.25, -0.2) is 9.97 Å². The summed E-state index contributed by atoms with van der Waals surface area (Å²) in [6, 6.07) is 5.42. The van der Waals surface area contributed by atoms with Gasteiger partial charge in [0.05, 0.1) is 22.9 Å². The summed E-state index contributed by atoms with van der Waals surface area (Å²) < 4.78 is 0. The fraction of sp³-hybridized carbons (Fsp3) is 0.560. The van der Waals surface area contributed by atoms with Crippen molar-refractivity contribution in [2.75, 3.05) is 32.1 Å². The van der Waals surface area contributed by atoms with Crippen molar-refractivity contribution in [3.63, 3.8) is 0 Å². The standard InChI is InChI=1S/C25H33ClN4O2S/c1-16-7-6-10-25(16)11-13-30(14-12-25)22-19(15-31)28-23(17(2)27-22)33-20-9-5-8-18(21(20)26)24(32)29(3)4/h5,8-9,16,31H,6-7,10-15H2,1-4H3/t16-/m1/s1. The second kappa shape index (κ2) is 9.80. The van der Waals surface area contributed by atoms with Crippen LogP contribution in [0.25, 0.3) is 0 Å². The number of nitrogens with zero attached hydrogens (tertiary/aromatic N) is 4. The molecule has 6 nitrogen and oxygen atoms in total. The molecule has 33 heavy (non-hydrogen) atoms. The summed E-state index contributed by atoms with van der Waals surface area (Å²) in [6.07, 6.45) is 6.39. The van der Waals surface area contributed by atoms with Gasteiger partial charge in [0.2, 0.25) is 0 Å². The summed E-state index contributed by atoms with van der Waals surface area (Å²) in [5, 5.41) is 11.2. The van der Waals surface area contributed by atoms with E-state index in [0.29, 0.717) is 26.7 Å². The lowest BCUT2D eigenvalue weighted by atomic mass is 9.71. The number of aliphatic hydroxyl groups is 1. The molecule has 2 fully saturated rings. The SMILES string of the molecule is Cc1nc(N2CCC3(CCC[C@H]3C)CC2)c(CO)nc1Sc1cccc(C(=O)N(C)C)c1Cl. The topological polar surface area (TPSA) is 69.6 Å². The molecule has 178 valence electrons. The van der Waals surface area contributed by atoms with Gasteiger partial charge in [-0.3, -0.25) is 4.79 Å². The van der Waals surface area contributed by atoms with Crippen molar-refractivity contribution in [2.24, 2.45) is 11.3 Å². The van der Waals surface area contributed by atoms with Crippen molar-refractivity contribution in [1.82, 2.24) is 14.9 Å². The minimum Gasteiger partial charge on any atom is -0.390 e. The summed E-state index contributed by atoms with van der Waals surface area (Å²) in [4.78, 5) is 26.6. The van der Waals surface area contributed by atoms with Gasteiger partial charge in [-0.15, -0.1) is 0 Å². The number of anilines is 1. The molecule has 0 radical (unpaired) electrons. The first-order valence-corrected chi connectivity index (χ1v) is 12.9.